The number of hydrogen-bond acceptors (Lipinski definition) is 4. The second kappa shape index (κ2) is 8.98. The maximum Gasteiger partial charge on any atom is 0.0594 e. The molecular weight excluding hydrogens is 250 g/mol. The topological polar surface area (TPSA) is 27.7 Å². The molecule has 1 saturated heterocycles. The highest BCUT2D eigenvalue weighted by Gasteiger charge is 2.23. The molecule has 0 spiro atoms. The van der Waals surface area contributed by atoms with E-state index in [2.05, 4.69) is 29.1 Å². The molecule has 1 N–H and O–H groups in total. The van der Waals surface area contributed by atoms with Gasteiger partial charge >= 0.3 is 0 Å². The maximum atomic E-state index is 5.40. The van der Waals surface area contributed by atoms with Crippen LogP contribution in [0.15, 0.2) is 0 Å². The fourth-order valence-corrected chi connectivity index (χ4v) is 3.38. The van der Waals surface area contributed by atoms with Crippen molar-refractivity contribution in [2.24, 2.45) is 0 Å². The monoisotopic (exact) mass is 283 g/mol. The van der Waals surface area contributed by atoms with Crippen LogP contribution < -0.4 is 5.32 Å². The molecule has 0 unspecified atom stereocenters. The van der Waals surface area contributed by atoms with Crippen LogP contribution in [-0.2, 0) is 4.74 Å². The van der Waals surface area contributed by atoms with Gasteiger partial charge in [-0.1, -0.05) is 6.92 Å². The van der Waals surface area contributed by atoms with Crippen molar-refractivity contribution in [2.75, 3.05) is 53.0 Å². The molecule has 2 rings (SSSR count). The van der Waals surface area contributed by atoms with Crippen LogP contribution >= 0.6 is 0 Å². The smallest absolute Gasteiger partial charge is 0.0594 e. The molecule has 4 heteroatoms. The normalized spacial score (nSPS) is 28.9. The zero-order valence-corrected chi connectivity index (χ0v) is 13.4. The van der Waals surface area contributed by atoms with Crippen LogP contribution in [0.5, 0.6) is 0 Å². The molecule has 20 heavy (non-hydrogen) atoms. The van der Waals surface area contributed by atoms with Crippen LogP contribution in [0.4, 0.5) is 0 Å². The zero-order valence-electron chi connectivity index (χ0n) is 13.4. The lowest BCUT2D eigenvalue weighted by atomic mass is 9.90. The highest BCUT2D eigenvalue weighted by molar-refractivity contribution is 4.82. The van der Waals surface area contributed by atoms with Crippen molar-refractivity contribution in [3.63, 3.8) is 0 Å². The van der Waals surface area contributed by atoms with Gasteiger partial charge in [0.25, 0.3) is 0 Å². The van der Waals surface area contributed by atoms with E-state index in [0.29, 0.717) is 0 Å². The van der Waals surface area contributed by atoms with Crippen LogP contribution in [0.1, 0.15) is 39.0 Å². The molecule has 1 aliphatic heterocycles. The summed E-state index contributed by atoms with van der Waals surface area (Å²) in [5.41, 5.74) is 0. The Bertz CT molecular complexity index is 248. The third-order valence-corrected chi connectivity index (χ3v) is 4.88. The minimum Gasteiger partial charge on any atom is -0.379 e. The molecule has 0 atom stereocenters. The minimum absolute atomic E-state index is 0.777. The van der Waals surface area contributed by atoms with E-state index in [1.54, 1.807) is 0 Å². The van der Waals surface area contributed by atoms with Crippen LogP contribution in [0.3, 0.4) is 0 Å². The van der Waals surface area contributed by atoms with Crippen molar-refractivity contribution >= 4 is 0 Å². The van der Waals surface area contributed by atoms with Gasteiger partial charge in [0.2, 0.25) is 0 Å². The van der Waals surface area contributed by atoms with Crippen molar-refractivity contribution in [3.05, 3.63) is 0 Å². The molecule has 0 aromatic carbocycles. The Morgan fingerprint density at radius 3 is 2.50 bits per heavy atom. The molecule has 2 aliphatic rings. The number of likely N-dealkylation sites (N-methyl/N-ethyl adjacent to an activating group) is 1. The summed E-state index contributed by atoms with van der Waals surface area (Å²) in [4.78, 5) is 5.12. The molecule has 0 bridgehead atoms. The van der Waals surface area contributed by atoms with E-state index in [9.17, 15) is 0 Å². The van der Waals surface area contributed by atoms with Crippen molar-refractivity contribution in [1.82, 2.24) is 15.1 Å². The number of ether oxygens (including phenoxy) is 1. The summed E-state index contributed by atoms with van der Waals surface area (Å²) in [6, 6.07) is 1.58. The molecule has 0 radical (unpaired) electrons. The Labute approximate surface area is 124 Å². The predicted molar refractivity (Wildman–Crippen MR) is 84.2 cm³/mol. The Kier molecular flexibility index (Phi) is 7.28. The van der Waals surface area contributed by atoms with Crippen LogP contribution in [0.25, 0.3) is 0 Å². The summed E-state index contributed by atoms with van der Waals surface area (Å²) in [7, 11) is 2.31. The Morgan fingerprint density at radius 1 is 1.15 bits per heavy atom. The Balaban J connectivity index is 1.60. The third-order valence-electron chi connectivity index (χ3n) is 4.88. The lowest BCUT2D eigenvalue weighted by Crippen LogP contribution is -2.45. The lowest BCUT2D eigenvalue weighted by molar-refractivity contribution is 0.0313. The molecule has 118 valence electrons. The van der Waals surface area contributed by atoms with E-state index in [1.807, 2.05) is 0 Å². The van der Waals surface area contributed by atoms with Gasteiger partial charge in [0.05, 0.1) is 13.2 Å². The van der Waals surface area contributed by atoms with Gasteiger partial charge in [0, 0.05) is 38.3 Å². The first kappa shape index (κ1) is 16.2. The largest absolute Gasteiger partial charge is 0.379 e. The van der Waals surface area contributed by atoms with E-state index >= 15 is 0 Å². The summed E-state index contributed by atoms with van der Waals surface area (Å²) in [6.45, 7) is 9.89. The summed E-state index contributed by atoms with van der Waals surface area (Å²) in [6.07, 6.45) is 6.68. The summed E-state index contributed by atoms with van der Waals surface area (Å²) in [5.74, 6) is 0. The summed E-state index contributed by atoms with van der Waals surface area (Å²) in [5, 5.41) is 3.67. The zero-order chi connectivity index (χ0) is 14.2. The van der Waals surface area contributed by atoms with E-state index in [4.69, 9.17) is 4.74 Å². The van der Waals surface area contributed by atoms with Gasteiger partial charge in [-0.2, -0.15) is 0 Å². The summed E-state index contributed by atoms with van der Waals surface area (Å²) >= 11 is 0. The number of nitrogens with one attached hydrogen (secondary N) is 1. The van der Waals surface area contributed by atoms with Crippen molar-refractivity contribution in [2.45, 2.75) is 51.1 Å². The average molecular weight is 283 g/mol. The first-order chi connectivity index (χ1) is 9.79. The lowest BCUT2D eigenvalue weighted by Gasteiger charge is -2.36. The van der Waals surface area contributed by atoms with Gasteiger partial charge in [-0.05, 0) is 45.7 Å². The Morgan fingerprint density at radius 2 is 1.85 bits per heavy atom. The van der Waals surface area contributed by atoms with Crippen LogP contribution in [0.2, 0.25) is 0 Å². The first-order valence-electron chi connectivity index (χ1n) is 8.53. The van der Waals surface area contributed by atoms with E-state index in [0.717, 1.165) is 38.4 Å². The number of rotatable bonds is 7. The van der Waals surface area contributed by atoms with E-state index < -0.39 is 0 Å². The summed E-state index contributed by atoms with van der Waals surface area (Å²) < 4.78 is 5.40. The molecule has 0 aromatic heterocycles. The van der Waals surface area contributed by atoms with Crippen LogP contribution in [-0.4, -0.2) is 74.9 Å². The minimum atomic E-state index is 0.777. The van der Waals surface area contributed by atoms with Crippen molar-refractivity contribution in [1.29, 1.82) is 0 Å². The number of morpholine rings is 1. The molecule has 1 saturated carbocycles. The van der Waals surface area contributed by atoms with Gasteiger partial charge < -0.3 is 15.0 Å². The average Bonchev–Trinajstić information content (AvgIpc) is 2.52. The number of hydrogen-bond donors (Lipinski definition) is 1. The van der Waals surface area contributed by atoms with Gasteiger partial charge in [-0.3, -0.25) is 4.90 Å². The second-order valence-electron chi connectivity index (χ2n) is 6.39. The predicted octanol–water partition coefficient (Wildman–Crippen LogP) is 1.56. The van der Waals surface area contributed by atoms with Crippen molar-refractivity contribution < 1.29 is 4.74 Å². The number of nitrogens with zero attached hydrogens (tertiary/aromatic N) is 2. The maximum absolute atomic E-state index is 5.40. The quantitative estimate of drug-likeness (QED) is 0.767. The van der Waals surface area contributed by atoms with Crippen molar-refractivity contribution in [3.8, 4) is 0 Å². The van der Waals surface area contributed by atoms with Gasteiger partial charge in [-0.25, -0.2) is 0 Å². The second-order valence-corrected chi connectivity index (χ2v) is 6.39. The third kappa shape index (κ3) is 5.32. The van der Waals surface area contributed by atoms with E-state index in [1.165, 1.54) is 51.7 Å². The molecule has 1 heterocycles. The first-order valence-corrected chi connectivity index (χ1v) is 8.53. The Hall–Kier alpha value is -0.160. The standard InChI is InChI=1S/C16H33N3O/c1-3-8-17-15-4-6-16(7-5-15)18(2)9-10-19-11-13-20-14-12-19/h15-17H,3-14H2,1-2H3. The highest BCUT2D eigenvalue weighted by atomic mass is 16.5. The molecular formula is C16H33N3O. The molecule has 0 amide bonds. The highest BCUT2D eigenvalue weighted by Crippen LogP contribution is 2.22. The van der Waals surface area contributed by atoms with Crippen LogP contribution in [0, 0.1) is 0 Å². The fraction of sp³-hybridized carbons (Fsp3) is 1.00. The van der Waals surface area contributed by atoms with Gasteiger partial charge in [0.1, 0.15) is 0 Å². The molecule has 0 aromatic rings. The van der Waals surface area contributed by atoms with Gasteiger partial charge in [0.15, 0.2) is 0 Å². The fourth-order valence-electron chi connectivity index (χ4n) is 3.38. The SMILES string of the molecule is CCCNC1CCC(N(C)CCN2CCOCC2)CC1. The molecule has 2 fully saturated rings. The molecule has 4 nitrogen and oxygen atoms in total. The van der Waals surface area contributed by atoms with Gasteiger partial charge in [-0.15, -0.1) is 0 Å². The van der Waals surface area contributed by atoms with E-state index in [-0.39, 0.29) is 0 Å². The molecule has 1 aliphatic carbocycles.